The summed E-state index contributed by atoms with van der Waals surface area (Å²) in [7, 11) is 0. The number of benzene rings is 1. The summed E-state index contributed by atoms with van der Waals surface area (Å²) in [5.74, 6) is -0.272. The van der Waals surface area contributed by atoms with Crippen LogP contribution < -0.4 is 0 Å². The van der Waals surface area contributed by atoms with E-state index in [-0.39, 0.29) is 11.1 Å². The minimum absolute atomic E-state index is 0.138. The van der Waals surface area contributed by atoms with Crippen LogP contribution in [0.2, 0.25) is 5.28 Å². The van der Waals surface area contributed by atoms with Crippen molar-refractivity contribution >= 4 is 34.5 Å². The Kier molecular flexibility index (Phi) is 2.89. The third-order valence-corrected chi connectivity index (χ3v) is 3.42. The van der Waals surface area contributed by atoms with Crippen LogP contribution in [0.15, 0.2) is 40.5 Å². The monoisotopic (exact) mass is 280 g/mol. The van der Waals surface area contributed by atoms with Gasteiger partial charge in [0.05, 0.1) is 6.33 Å². The number of hydrogen-bond donors (Lipinski definition) is 1. The second kappa shape index (κ2) is 4.55. The third kappa shape index (κ3) is 2.16. The Hall–Kier alpha value is -1.66. The lowest BCUT2D eigenvalue weighted by atomic mass is 10.4. The number of rotatable bonds is 2. The molecule has 2 aromatic heterocycles. The number of halogens is 2. The van der Waals surface area contributed by atoms with Crippen LogP contribution in [-0.2, 0) is 0 Å². The highest BCUT2D eigenvalue weighted by molar-refractivity contribution is 7.99. The molecule has 2 heterocycles. The van der Waals surface area contributed by atoms with Gasteiger partial charge in [-0.25, -0.2) is 14.4 Å². The molecule has 0 aliphatic heterocycles. The first-order valence-electron chi connectivity index (χ1n) is 5.02. The Morgan fingerprint density at radius 3 is 2.72 bits per heavy atom. The van der Waals surface area contributed by atoms with E-state index in [1.54, 1.807) is 12.1 Å². The van der Waals surface area contributed by atoms with Gasteiger partial charge in [0.15, 0.2) is 5.65 Å². The van der Waals surface area contributed by atoms with Crippen molar-refractivity contribution in [2.75, 3.05) is 0 Å². The molecular formula is C11H6ClFN4S. The van der Waals surface area contributed by atoms with Gasteiger partial charge in [-0.2, -0.15) is 4.98 Å². The zero-order chi connectivity index (χ0) is 12.5. The summed E-state index contributed by atoms with van der Waals surface area (Å²) < 4.78 is 12.8. The van der Waals surface area contributed by atoms with Gasteiger partial charge in [-0.15, -0.1) is 0 Å². The number of H-pyrrole nitrogens is 1. The number of nitrogens with zero attached hydrogens (tertiary/aromatic N) is 3. The van der Waals surface area contributed by atoms with Gasteiger partial charge in [0, 0.05) is 4.90 Å². The van der Waals surface area contributed by atoms with Crippen LogP contribution in [0.1, 0.15) is 0 Å². The number of aromatic nitrogens is 4. The van der Waals surface area contributed by atoms with Crippen molar-refractivity contribution in [3.05, 3.63) is 41.7 Å². The van der Waals surface area contributed by atoms with Crippen molar-refractivity contribution in [2.45, 2.75) is 9.92 Å². The van der Waals surface area contributed by atoms with Crippen molar-refractivity contribution in [2.24, 2.45) is 0 Å². The molecule has 3 aromatic rings. The van der Waals surface area contributed by atoms with Crippen LogP contribution in [0.25, 0.3) is 11.2 Å². The van der Waals surface area contributed by atoms with E-state index in [1.165, 1.54) is 30.2 Å². The first-order chi connectivity index (χ1) is 8.72. The normalized spacial score (nSPS) is 11.0. The number of imidazole rings is 1. The lowest BCUT2D eigenvalue weighted by Gasteiger charge is -2.02. The molecule has 0 atom stereocenters. The van der Waals surface area contributed by atoms with Crippen molar-refractivity contribution in [1.29, 1.82) is 0 Å². The average Bonchev–Trinajstić information content (AvgIpc) is 2.80. The first-order valence-corrected chi connectivity index (χ1v) is 6.22. The van der Waals surface area contributed by atoms with Gasteiger partial charge in [-0.3, -0.25) is 0 Å². The highest BCUT2D eigenvalue weighted by Gasteiger charge is 2.10. The zero-order valence-electron chi connectivity index (χ0n) is 8.89. The molecule has 0 amide bonds. The molecule has 0 unspecified atom stereocenters. The highest BCUT2D eigenvalue weighted by Crippen LogP contribution is 2.30. The van der Waals surface area contributed by atoms with E-state index in [9.17, 15) is 4.39 Å². The number of fused-ring (bicyclic) bond motifs is 1. The Balaban J connectivity index is 2.03. The third-order valence-electron chi connectivity index (χ3n) is 2.25. The van der Waals surface area contributed by atoms with Gasteiger partial charge < -0.3 is 4.98 Å². The summed E-state index contributed by atoms with van der Waals surface area (Å²) in [4.78, 5) is 16.0. The largest absolute Gasteiger partial charge is 0.341 e. The fourth-order valence-electron chi connectivity index (χ4n) is 1.47. The fourth-order valence-corrected chi connectivity index (χ4v) is 2.56. The maximum absolute atomic E-state index is 12.8. The lowest BCUT2D eigenvalue weighted by molar-refractivity contribution is 0.626. The molecule has 0 spiro atoms. The van der Waals surface area contributed by atoms with Crippen LogP contribution in [0, 0.1) is 5.82 Å². The average molecular weight is 281 g/mol. The molecule has 18 heavy (non-hydrogen) atoms. The molecule has 7 heteroatoms. The number of hydrogen-bond acceptors (Lipinski definition) is 4. The summed E-state index contributed by atoms with van der Waals surface area (Å²) in [5, 5.41) is 0.799. The van der Waals surface area contributed by atoms with Gasteiger partial charge in [0.25, 0.3) is 0 Å². The van der Waals surface area contributed by atoms with Crippen molar-refractivity contribution in [1.82, 2.24) is 19.9 Å². The molecule has 0 saturated carbocycles. The molecule has 1 N–H and O–H groups in total. The topological polar surface area (TPSA) is 54.5 Å². The molecule has 90 valence electrons. The van der Waals surface area contributed by atoms with Crippen LogP contribution in [0.3, 0.4) is 0 Å². The van der Waals surface area contributed by atoms with Crippen LogP contribution >= 0.6 is 23.4 Å². The van der Waals surface area contributed by atoms with Crippen LogP contribution in [-0.4, -0.2) is 19.9 Å². The van der Waals surface area contributed by atoms with E-state index in [2.05, 4.69) is 19.9 Å². The van der Waals surface area contributed by atoms with E-state index < -0.39 is 0 Å². The predicted octanol–water partition coefficient (Wildman–Crippen LogP) is 3.30. The molecule has 0 saturated heterocycles. The molecular weight excluding hydrogens is 275 g/mol. The molecule has 3 rings (SSSR count). The Morgan fingerprint density at radius 2 is 1.94 bits per heavy atom. The summed E-state index contributed by atoms with van der Waals surface area (Å²) in [6, 6.07) is 6.15. The maximum Gasteiger partial charge on any atom is 0.225 e. The van der Waals surface area contributed by atoms with Gasteiger partial charge in [-0.05, 0) is 35.9 Å². The molecule has 0 bridgehead atoms. The minimum atomic E-state index is -0.272. The van der Waals surface area contributed by atoms with E-state index >= 15 is 0 Å². The van der Waals surface area contributed by atoms with Gasteiger partial charge in [0.2, 0.25) is 5.28 Å². The molecule has 0 aliphatic carbocycles. The standard InChI is InChI=1S/C11H6ClFN4S/c12-11-16-9-8(14-5-15-9)10(17-11)18-7-3-1-6(13)2-4-7/h1-5H,(H,14,15,16,17). The van der Waals surface area contributed by atoms with Crippen molar-refractivity contribution in [3.63, 3.8) is 0 Å². The summed E-state index contributed by atoms with van der Waals surface area (Å²) in [5.41, 5.74) is 1.23. The van der Waals surface area contributed by atoms with Crippen LogP contribution in [0.5, 0.6) is 0 Å². The number of nitrogens with one attached hydrogen (secondary N) is 1. The molecule has 4 nitrogen and oxygen atoms in total. The molecule has 0 radical (unpaired) electrons. The minimum Gasteiger partial charge on any atom is -0.341 e. The van der Waals surface area contributed by atoms with E-state index in [4.69, 9.17) is 11.6 Å². The molecule has 1 aromatic carbocycles. The van der Waals surface area contributed by atoms with E-state index in [1.807, 2.05) is 0 Å². The zero-order valence-corrected chi connectivity index (χ0v) is 10.5. The highest BCUT2D eigenvalue weighted by atomic mass is 35.5. The van der Waals surface area contributed by atoms with Crippen molar-refractivity contribution in [3.8, 4) is 0 Å². The summed E-state index contributed by atoms with van der Waals surface area (Å²) in [6.45, 7) is 0. The fraction of sp³-hybridized carbons (Fsp3) is 0. The van der Waals surface area contributed by atoms with Gasteiger partial charge in [0.1, 0.15) is 16.4 Å². The van der Waals surface area contributed by atoms with Crippen LogP contribution in [0.4, 0.5) is 4.39 Å². The Bertz CT molecular complexity index is 698. The maximum atomic E-state index is 12.8. The predicted molar refractivity (Wildman–Crippen MR) is 67.2 cm³/mol. The Morgan fingerprint density at radius 1 is 1.17 bits per heavy atom. The second-order valence-electron chi connectivity index (χ2n) is 3.45. The summed E-state index contributed by atoms with van der Waals surface area (Å²) in [6.07, 6.45) is 1.53. The van der Waals surface area contributed by atoms with Gasteiger partial charge >= 0.3 is 0 Å². The molecule has 0 aliphatic rings. The van der Waals surface area contributed by atoms with E-state index in [0.717, 1.165) is 4.90 Å². The second-order valence-corrected chi connectivity index (χ2v) is 4.86. The van der Waals surface area contributed by atoms with E-state index in [0.29, 0.717) is 16.2 Å². The lowest BCUT2D eigenvalue weighted by Crippen LogP contribution is -1.88. The number of aromatic amines is 1. The van der Waals surface area contributed by atoms with Crippen molar-refractivity contribution < 1.29 is 4.39 Å². The summed E-state index contributed by atoms with van der Waals surface area (Å²) >= 11 is 7.19. The van der Waals surface area contributed by atoms with Gasteiger partial charge in [-0.1, -0.05) is 11.8 Å². The quantitative estimate of drug-likeness (QED) is 0.578. The smallest absolute Gasteiger partial charge is 0.225 e. The molecule has 0 fully saturated rings. The SMILES string of the molecule is Fc1ccc(Sc2nc(Cl)nc3nc[nH]c23)cc1. The Labute approximate surface area is 111 Å². The first kappa shape index (κ1) is 11.4.